The minimum atomic E-state index is -0.698. The Bertz CT molecular complexity index is 788. The predicted molar refractivity (Wildman–Crippen MR) is 80.8 cm³/mol. The predicted octanol–water partition coefficient (Wildman–Crippen LogP) is 2.85. The molecule has 0 radical (unpaired) electrons. The lowest BCUT2D eigenvalue weighted by Gasteiger charge is -2.27. The molecular weight excluding hydrogens is 300 g/mol. The van der Waals surface area contributed by atoms with Crippen molar-refractivity contribution in [3.63, 3.8) is 0 Å². The normalized spacial score (nSPS) is 20.6. The lowest BCUT2D eigenvalue weighted by atomic mass is 10.0. The van der Waals surface area contributed by atoms with Gasteiger partial charge in [-0.1, -0.05) is 0 Å². The summed E-state index contributed by atoms with van der Waals surface area (Å²) >= 11 is 0. The molecule has 0 amide bonds. The summed E-state index contributed by atoms with van der Waals surface area (Å²) in [5, 5.41) is 19.4. The molecule has 1 N–H and O–H groups in total. The van der Waals surface area contributed by atoms with Crippen LogP contribution < -0.4 is 4.90 Å². The van der Waals surface area contributed by atoms with Crippen LogP contribution in [0, 0.1) is 29.9 Å². The molecule has 1 aromatic heterocycles. The molecule has 0 spiro atoms. The minimum Gasteiger partial charge on any atom is -0.391 e. The molecule has 0 saturated carbocycles. The smallest absolute Gasteiger partial charge is 0.147 e. The zero-order valence-electron chi connectivity index (χ0n) is 12.5. The summed E-state index contributed by atoms with van der Waals surface area (Å²) in [6.45, 7) is 2.00. The number of β-amino-alcohol motifs (C(OH)–C–C–N with tert-alkyl or cyclic N) is 1. The molecule has 1 aromatic carbocycles. The molecule has 23 heavy (non-hydrogen) atoms. The van der Waals surface area contributed by atoms with Crippen LogP contribution in [0.15, 0.2) is 30.5 Å². The highest BCUT2D eigenvalue weighted by atomic mass is 19.1. The third-order valence-corrected chi connectivity index (χ3v) is 4.12. The van der Waals surface area contributed by atoms with E-state index in [1.54, 1.807) is 24.1 Å². The zero-order valence-corrected chi connectivity index (χ0v) is 12.5. The molecule has 2 heterocycles. The Labute approximate surface area is 132 Å². The maximum absolute atomic E-state index is 14.1. The molecule has 0 aliphatic carbocycles. The van der Waals surface area contributed by atoms with E-state index >= 15 is 0 Å². The molecule has 0 bridgehead atoms. The van der Waals surface area contributed by atoms with Crippen molar-refractivity contribution in [2.45, 2.75) is 25.5 Å². The van der Waals surface area contributed by atoms with Crippen LogP contribution >= 0.6 is 0 Å². The first kappa shape index (κ1) is 15.4. The Hall–Kier alpha value is -2.52. The van der Waals surface area contributed by atoms with E-state index < -0.39 is 23.8 Å². The second-order valence-electron chi connectivity index (χ2n) is 5.66. The van der Waals surface area contributed by atoms with Crippen LogP contribution in [0.2, 0.25) is 0 Å². The zero-order chi connectivity index (χ0) is 16.6. The van der Waals surface area contributed by atoms with Gasteiger partial charge >= 0.3 is 0 Å². The topological polar surface area (TPSA) is 60.1 Å². The number of aliphatic hydroxyl groups excluding tert-OH is 1. The highest BCUT2D eigenvalue weighted by Gasteiger charge is 2.36. The van der Waals surface area contributed by atoms with Gasteiger partial charge in [-0.2, -0.15) is 5.26 Å². The Morgan fingerprint density at radius 3 is 2.87 bits per heavy atom. The fourth-order valence-electron chi connectivity index (χ4n) is 3.01. The monoisotopic (exact) mass is 315 g/mol. The fraction of sp³-hybridized carbons (Fsp3) is 0.294. The molecule has 2 atom stereocenters. The van der Waals surface area contributed by atoms with E-state index in [-0.39, 0.29) is 18.5 Å². The molecule has 6 heteroatoms. The molecule has 1 saturated heterocycles. The molecule has 0 unspecified atom stereocenters. The molecule has 3 rings (SSSR count). The van der Waals surface area contributed by atoms with E-state index in [1.807, 2.05) is 0 Å². The highest BCUT2D eigenvalue weighted by molar-refractivity contribution is 5.59. The molecule has 4 nitrogen and oxygen atoms in total. The van der Waals surface area contributed by atoms with Gasteiger partial charge in [-0.15, -0.1) is 0 Å². The number of nitriles is 1. The Morgan fingerprint density at radius 2 is 2.13 bits per heavy atom. The van der Waals surface area contributed by atoms with Crippen LogP contribution in [-0.4, -0.2) is 22.7 Å². The number of nitrogens with zero attached hydrogens (tertiary/aromatic N) is 3. The lowest BCUT2D eigenvalue weighted by molar-refractivity contribution is 0.194. The summed E-state index contributed by atoms with van der Waals surface area (Å²) in [5.74, 6) is -0.695. The molecule has 1 fully saturated rings. The second-order valence-corrected chi connectivity index (χ2v) is 5.66. The van der Waals surface area contributed by atoms with Crippen LogP contribution in [0.25, 0.3) is 0 Å². The van der Waals surface area contributed by atoms with Gasteiger partial charge in [0.05, 0.1) is 17.7 Å². The number of aryl methyl sites for hydroxylation is 1. The lowest BCUT2D eigenvalue weighted by Crippen LogP contribution is -2.27. The summed E-state index contributed by atoms with van der Waals surface area (Å²) in [6.07, 6.45) is 1.12. The first-order chi connectivity index (χ1) is 11.0. The number of aromatic nitrogens is 1. The minimum absolute atomic E-state index is 0.161. The number of anilines is 1. The molecular formula is C17H15F2N3O. The molecule has 1 aliphatic heterocycles. The Balaban J connectivity index is 2.10. The third-order valence-electron chi connectivity index (χ3n) is 4.12. The summed E-state index contributed by atoms with van der Waals surface area (Å²) in [7, 11) is 0. The van der Waals surface area contributed by atoms with Crippen molar-refractivity contribution >= 4 is 5.82 Å². The largest absolute Gasteiger partial charge is 0.391 e. The number of hydrogen-bond acceptors (Lipinski definition) is 4. The summed E-state index contributed by atoms with van der Waals surface area (Å²) < 4.78 is 27.7. The van der Waals surface area contributed by atoms with Crippen molar-refractivity contribution in [2.24, 2.45) is 0 Å². The van der Waals surface area contributed by atoms with Crippen molar-refractivity contribution in [3.05, 3.63) is 58.8 Å². The Kier molecular flexibility index (Phi) is 3.97. The quantitative estimate of drug-likeness (QED) is 0.926. The molecule has 1 aliphatic rings. The van der Waals surface area contributed by atoms with E-state index in [0.29, 0.717) is 11.4 Å². The number of hydrogen-bond donors (Lipinski definition) is 1. The average Bonchev–Trinajstić information content (AvgIpc) is 2.91. The molecule has 2 aromatic rings. The van der Waals surface area contributed by atoms with Crippen LogP contribution in [0.1, 0.15) is 29.2 Å². The van der Waals surface area contributed by atoms with Gasteiger partial charge in [0.25, 0.3) is 0 Å². The maximum Gasteiger partial charge on any atom is 0.147 e. The number of rotatable bonds is 2. The van der Waals surface area contributed by atoms with Crippen LogP contribution in [-0.2, 0) is 0 Å². The van der Waals surface area contributed by atoms with Crippen molar-refractivity contribution in [1.82, 2.24) is 4.98 Å². The van der Waals surface area contributed by atoms with Gasteiger partial charge in [-0.05, 0) is 43.2 Å². The standard InChI is InChI=1S/C17H15F2N3O/c1-10-4-5-21-17(14(10)8-20)22-9-12(23)7-16(22)13-6-11(18)2-3-15(13)19/h2-6,12,16,23H,7,9H2,1H3/t12-,16+/m1/s1. The van der Waals surface area contributed by atoms with E-state index in [9.17, 15) is 19.1 Å². The van der Waals surface area contributed by atoms with Crippen molar-refractivity contribution in [2.75, 3.05) is 11.4 Å². The fourth-order valence-corrected chi connectivity index (χ4v) is 3.01. The number of halogens is 2. The van der Waals surface area contributed by atoms with E-state index in [2.05, 4.69) is 11.1 Å². The van der Waals surface area contributed by atoms with Crippen LogP contribution in [0.5, 0.6) is 0 Å². The molecule has 118 valence electrons. The number of aliphatic hydroxyl groups is 1. The SMILES string of the molecule is Cc1ccnc(N2C[C@H](O)C[C@H]2c2cc(F)ccc2F)c1C#N. The second kappa shape index (κ2) is 5.94. The van der Waals surface area contributed by atoms with E-state index in [1.165, 1.54) is 0 Å². The van der Waals surface area contributed by atoms with Gasteiger partial charge in [0.2, 0.25) is 0 Å². The first-order valence-electron chi connectivity index (χ1n) is 7.26. The average molecular weight is 315 g/mol. The van der Waals surface area contributed by atoms with Gasteiger partial charge in [-0.25, -0.2) is 13.8 Å². The van der Waals surface area contributed by atoms with E-state index in [0.717, 1.165) is 23.8 Å². The summed E-state index contributed by atoms with van der Waals surface area (Å²) in [5.41, 5.74) is 1.29. The summed E-state index contributed by atoms with van der Waals surface area (Å²) in [4.78, 5) is 5.91. The number of benzene rings is 1. The van der Waals surface area contributed by atoms with Gasteiger partial charge in [0.1, 0.15) is 23.5 Å². The first-order valence-corrected chi connectivity index (χ1v) is 7.26. The Morgan fingerprint density at radius 1 is 1.35 bits per heavy atom. The van der Waals surface area contributed by atoms with Crippen LogP contribution in [0.4, 0.5) is 14.6 Å². The van der Waals surface area contributed by atoms with Crippen LogP contribution in [0.3, 0.4) is 0 Å². The van der Waals surface area contributed by atoms with Crippen molar-refractivity contribution < 1.29 is 13.9 Å². The van der Waals surface area contributed by atoms with Gasteiger partial charge in [-0.3, -0.25) is 0 Å². The van der Waals surface area contributed by atoms with Crippen molar-refractivity contribution in [1.29, 1.82) is 5.26 Å². The third kappa shape index (κ3) is 2.76. The number of pyridine rings is 1. The highest BCUT2D eigenvalue weighted by Crippen LogP contribution is 2.38. The van der Waals surface area contributed by atoms with Crippen molar-refractivity contribution in [3.8, 4) is 6.07 Å². The summed E-state index contributed by atoms with van der Waals surface area (Å²) in [6, 6.07) is 6.51. The maximum atomic E-state index is 14.1. The van der Waals surface area contributed by atoms with Gasteiger partial charge < -0.3 is 10.0 Å². The van der Waals surface area contributed by atoms with Gasteiger partial charge in [0.15, 0.2) is 0 Å². The van der Waals surface area contributed by atoms with Gasteiger partial charge in [0, 0.05) is 18.3 Å². The van der Waals surface area contributed by atoms with E-state index in [4.69, 9.17) is 0 Å².